The third-order valence-electron chi connectivity index (χ3n) is 8.71. The van der Waals surface area contributed by atoms with Gasteiger partial charge in [-0.05, 0) is 62.2 Å². The number of nitriles is 2. The van der Waals surface area contributed by atoms with Gasteiger partial charge in [-0.15, -0.1) is 0 Å². The summed E-state index contributed by atoms with van der Waals surface area (Å²) in [5.74, 6) is -4.99. The Morgan fingerprint density at radius 1 is 0.547 bits per heavy atom. The number of carboxylic acids is 1. The van der Waals surface area contributed by atoms with Crippen molar-refractivity contribution in [1.29, 1.82) is 10.5 Å². The number of pyridine rings is 4. The van der Waals surface area contributed by atoms with Crippen molar-refractivity contribution in [3.8, 4) is 12.1 Å². The summed E-state index contributed by atoms with van der Waals surface area (Å²) in [6.45, 7) is 7.37. The van der Waals surface area contributed by atoms with Crippen LogP contribution in [-0.4, -0.2) is 73.7 Å². The largest absolute Gasteiger partial charge is 0.478 e. The van der Waals surface area contributed by atoms with E-state index in [-0.39, 0.29) is 55.9 Å². The van der Waals surface area contributed by atoms with Gasteiger partial charge in [-0.2, -0.15) is 89.6 Å². The second kappa shape index (κ2) is 33.5. The predicted octanol–water partition coefficient (Wildman–Crippen LogP) is 14.2. The van der Waals surface area contributed by atoms with E-state index in [0.29, 0.717) is 12.3 Å². The molecule has 4 N–H and O–H groups in total. The van der Waals surface area contributed by atoms with E-state index in [1.54, 1.807) is 18.0 Å². The number of aromatic nitrogens is 8. The summed E-state index contributed by atoms with van der Waals surface area (Å²) >= 11 is 26.7. The molecule has 17 nitrogen and oxygen atoms in total. The Balaban J connectivity index is 0.00000100. The van der Waals surface area contributed by atoms with Crippen molar-refractivity contribution in [3.05, 3.63) is 164 Å². The van der Waals surface area contributed by atoms with Crippen molar-refractivity contribution in [2.75, 3.05) is 6.61 Å². The highest BCUT2D eigenvalue weighted by atomic mass is 35.5. The fourth-order valence-corrected chi connectivity index (χ4v) is 5.98. The van der Waals surface area contributed by atoms with Crippen molar-refractivity contribution >= 4 is 69.9 Å². The predicted molar refractivity (Wildman–Crippen MR) is 264 cm³/mol. The van der Waals surface area contributed by atoms with Gasteiger partial charge in [0, 0.05) is 23.5 Å². The number of aromatic amines is 1. The van der Waals surface area contributed by atoms with Crippen molar-refractivity contribution in [1.82, 2.24) is 39.9 Å². The van der Waals surface area contributed by atoms with Gasteiger partial charge in [0.2, 0.25) is 11.6 Å². The molecule has 0 bridgehead atoms. The molecule has 6 heterocycles. The molecule has 0 saturated heterocycles. The van der Waals surface area contributed by atoms with Gasteiger partial charge in [0.1, 0.15) is 71.8 Å². The maximum Gasteiger partial charge on any atom is 0.451 e. The Bertz CT molecular complexity index is 3340. The number of hydrogen-bond acceptors (Lipinski definition) is 15. The minimum atomic E-state index is -4.70. The lowest BCUT2D eigenvalue weighted by Gasteiger charge is -2.07. The van der Waals surface area contributed by atoms with Gasteiger partial charge in [-0.1, -0.05) is 77.9 Å². The lowest BCUT2D eigenvalue weighted by Crippen LogP contribution is -2.19. The van der Waals surface area contributed by atoms with Crippen molar-refractivity contribution in [2.45, 2.75) is 84.9 Å². The van der Waals surface area contributed by atoms with Crippen LogP contribution in [0.4, 0.5) is 79.0 Å². The average Bonchev–Trinajstić information content (AvgIpc) is 3.22. The first-order valence-electron chi connectivity index (χ1n) is 21.9. The van der Waals surface area contributed by atoms with E-state index in [0.717, 1.165) is 36.5 Å². The van der Waals surface area contributed by atoms with E-state index in [2.05, 4.69) is 39.6 Å². The first-order valence-corrected chi connectivity index (χ1v) is 23.8. The van der Waals surface area contributed by atoms with Gasteiger partial charge in [0.05, 0.1) is 30.9 Å². The normalized spacial score (nSPS) is 11.2. The van der Waals surface area contributed by atoms with Crippen LogP contribution in [0.5, 0.6) is 0 Å². The molecule has 6 aromatic heterocycles. The van der Waals surface area contributed by atoms with E-state index in [4.69, 9.17) is 83.8 Å². The first kappa shape index (κ1) is 78.6. The second-order valence-electron chi connectivity index (χ2n) is 14.7. The van der Waals surface area contributed by atoms with Crippen LogP contribution in [-0.2, 0) is 55.0 Å². The van der Waals surface area contributed by atoms with Crippen LogP contribution in [0.1, 0.15) is 109 Å². The third kappa shape index (κ3) is 25.3. The number of carbonyl (C=O) groups excluding carboxylic acids is 1. The molecule has 0 aromatic carbocycles. The number of nitrogens with zero attached hydrogens (tertiary/aromatic N) is 9. The van der Waals surface area contributed by atoms with E-state index >= 15 is 0 Å². The Labute approximate surface area is 494 Å². The molecule has 0 aliphatic heterocycles. The van der Waals surface area contributed by atoms with Gasteiger partial charge < -0.3 is 25.0 Å². The molecule has 0 aliphatic carbocycles. The number of aryl methyl sites for hydroxylation is 2. The molecule has 6 aromatic rings. The summed E-state index contributed by atoms with van der Waals surface area (Å²) in [7, 11) is 0. The van der Waals surface area contributed by atoms with Crippen LogP contribution in [0.3, 0.4) is 0 Å². The number of aliphatic hydroxyl groups is 2. The maximum atomic E-state index is 12.2. The average molecular weight is 1360 g/mol. The molecule has 0 fully saturated rings. The van der Waals surface area contributed by atoms with Crippen LogP contribution in [0.25, 0.3) is 0 Å². The highest BCUT2D eigenvalue weighted by Crippen LogP contribution is 2.34. The zero-order valence-electron chi connectivity index (χ0n) is 42.9. The quantitative estimate of drug-likeness (QED) is 0.0540. The maximum absolute atomic E-state index is 12.2. The minimum Gasteiger partial charge on any atom is -0.478 e. The van der Waals surface area contributed by atoms with Crippen LogP contribution >= 0.6 is 58.0 Å². The zero-order valence-corrected chi connectivity index (χ0v) is 46.7. The van der Waals surface area contributed by atoms with E-state index < -0.39 is 123 Å². The van der Waals surface area contributed by atoms with Gasteiger partial charge in [0.25, 0.3) is 5.56 Å². The van der Waals surface area contributed by atoms with Gasteiger partial charge in [-0.25, -0.2) is 44.5 Å². The summed E-state index contributed by atoms with van der Waals surface area (Å²) in [6.07, 6.45) is -26.0. The fourth-order valence-electron chi connectivity index (χ4n) is 4.86. The molecule has 86 heavy (non-hydrogen) atoms. The Kier molecular flexibility index (Phi) is 30.6. The number of rotatable bonds is 5. The molecule has 40 heteroatoms. The lowest BCUT2D eigenvalue weighted by atomic mass is 10.1. The summed E-state index contributed by atoms with van der Waals surface area (Å²) in [5.41, 5.74) is -6.17. The molecule has 0 atom stereocenters. The van der Waals surface area contributed by atoms with Crippen LogP contribution in [0, 0.1) is 36.5 Å². The van der Waals surface area contributed by atoms with Crippen LogP contribution in [0.15, 0.2) is 53.6 Å². The van der Waals surface area contributed by atoms with Gasteiger partial charge in [0.15, 0.2) is 0 Å². The molecule has 0 unspecified atom stereocenters. The van der Waals surface area contributed by atoms with Crippen molar-refractivity contribution < 1.29 is 109 Å². The van der Waals surface area contributed by atoms with E-state index in [1.807, 2.05) is 13.8 Å². The number of aliphatic hydroxyl groups excluding tert-OH is 2. The molecule has 0 amide bonds. The number of ether oxygens (including phenoxy) is 1. The number of carboxylic acid groups (broad SMARTS) is 1. The number of hydrogen-bond donors (Lipinski definition) is 4. The molecule has 0 radical (unpaired) electrons. The van der Waals surface area contributed by atoms with Crippen LogP contribution in [0.2, 0.25) is 25.8 Å². The first-order chi connectivity index (χ1) is 39.3. The minimum absolute atomic E-state index is 0.0172. The fraction of sp³-hybridized carbons (Fsp3) is 0.304. The molecular formula is C46H33Cl5F18N10O7. The summed E-state index contributed by atoms with van der Waals surface area (Å²) < 4.78 is 222. The van der Waals surface area contributed by atoms with Crippen molar-refractivity contribution in [3.63, 3.8) is 0 Å². The summed E-state index contributed by atoms with van der Waals surface area (Å²) in [6, 6.07) is 7.94. The second-order valence-corrected chi connectivity index (χ2v) is 16.5. The monoisotopic (exact) mass is 1350 g/mol. The highest BCUT2D eigenvalue weighted by Gasteiger charge is 2.38. The smallest absolute Gasteiger partial charge is 0.451 e. The van der Waals surface area contributed by atoms with Crippen molar-refractivity contribution in [2.24, 2.45) is 0 Å². The topological polar surface area (TPSA) is 275 Å². The number of nitrogens with one attached hydrogen (secondary N) is 1. The number of aromatic carboxylic acids is 1. The van der Waals surface area contributed by atoms with E-state index in [9.17, 15) is 93.4 Å². The van der Waals surface area contributed by atoms with Crippen LogP contribution < -0.4 is 5.56 Å². The number of H-pyrrole nitrogens is 1. The van der Waals surface area contributed by atoms with E-state index in [1.165, 1.54) is 19.9 Å². The Morgan fingerprint density at radius 3 is 1.30 bits per heavy atom. The number of alkyl halides is 18. The molecule has 6 rings (SSSR count). The standard InChI is InChI=1S/C8H6ClF3N2O2.C8H4ClF3N2.C8H5F3N2O.C7H3ClF3NO2.C7H5ClF3NO.C6H4ClF3N2O.C2H6/c1-2-16-6(15)4-3-13-7(8(10,11)12)14-5(4)9;1-4-2-6(8(10,11)12)14-7(9)5(4)3-13;1-4-2-6(8(9,10)11)13-7(14)5(4)3-12;8-5-3(6(13)14)1-2-4(12-5)7(9,10)11;8-6-4(3-13)1-2-5(12-6)7(9,10)11;7-4-3(2-13)1-11-5(12-4)6(8,9)10;1-2/h3H,2H2,1H3;2H,1H3;2H,1H3,(H,13,14);1-2H,(H,13,14);1-2,13H,3H2;1,13H,2H2;1-2H3. The number of carbonyl (C=O) groups is 2. The summed E-state index contributed by atoms with van der Waals surface area (Å²) in [4.78, 5) is 55.2. The molecule has 0 saturated carbocycles. The zero-order chi connectivity index (χ0) is 67.3. The van der Waals surface area contributed by atoms with Gasteiger partial charge in [-0.3, -0.25) is 4.79 Å². The molecule has 0 spiro atoms. The number of esters is 1. The molecule has 0 aliphatic rings. The lowest BCUT2D eigenvalue weighted by molar-refractivity contribution is -0.145. The Hall–Kier alpha value is -7.41. The molecule has 470 valence electrons. The summed E-state index contributed by atoms with van der Waals surface area (Å²) in [5, 5.41) is 40.2. The third-order valence-corrected chi connectivity index (χ3v) is 10.2. The Morgan fingerprint density at radius 2 is 0.953 bits per heavy atom. The highest BCUT2D eigenvalue weighted by molar-refractivity contribution is 6.33. The SMILES string of the molecule is CC.CCOC(=O)c1cnc(C(F)(F)F)nc1Cl.Cc1cc(C(F)(F)F)[nH]c(=O)c1C#N.Cc1cc(C(F)(F)F)nc(Cl)c1C#N.O=C(O)c1ccc(C(F)(F)F)nc1Cl.OCc1ccc(C(F)(F)F)nc1Cl.OCc1cnc(C(F)(F)F)nc1Cl. The number of halogens is 23. The van der Waals surface area contributed by atoms with Gasteiger partial charge >= 0.3 is 49.0 Å². The molecular weight excluding hydrogens is 1320 g/mol.